The molecule has 1 fully saturated rings. The van der Waals surface area contributed by atoms with Crippen LogP contribution in [0.3, 0.4) is 0 Å². The van der Waals surface area contributed by atoms with Gasteiger partial charge in [0, 0.05) is 18.8 Å². The highest BCUT2D eigenvalue weighted by atomic mass is 16.5. The van der Waals surface area contributed by atoms with Crippen molar-refractivity contribution in [1.82, 2.24) is 9.88 Å². The van der Waals surface area contributed by atoms with Gasteiger partial charge in [-0.05, 0) is 40.2 Å². The maximum atomic E-state index is 12.7. The van der Waals surface area contributed by atoms with Crippen LogP contribution in [0.4, 0.5) is 0 Å². The van der Waals surface area contributed by atoms with Gasteiger partial charge in [-0.15, -0.1) is 0 Å². The van der Waals surface area contributed by atoms with E-state index in [1.54, 1.807) is 25.7 Å². The van der Waals surface area contributed by atoms with E-state index in [4.69, 9.17) is 9.47 Å². The number of hydrogen-bond donors (Lipinski definition) is 1. The van der Waals surface area contributed by atoms with Crippen LogP contribution in [0, 0.1) is 13.8 Å². The zero-order valence-electron chi connectivity index (χ0n) is 13.9. The first-order valence-electron chi connectivity index (χ1n) is 7.56. The monoisotopic (exact) mass is 308 g/mol. The molecule has 1 saturated heterocycles. The fraction of sp³-hybridized carbons (Fsp3) is 0.625. The number of aryl methyl sites for hydroxylation is 1. The highest BCUT2D eigenvalue weighted by molar-refractivity contribution is 6.00. The molecule has 1 amide bonds. The molecular formula is C16H24N2O4. The van der Waals surface area contributed by atoms with Crippen LogP contribution >= 0.6 is 0 Å². The van der Waals surface area contributed by atoms with Crippen LogP contribution in [0.25, 0.3) is 0 Å². The van der Waals surface area contributed by atoms with Crippen LogP contribution in [0.2, 0.25) is 0 Å². The molecule has 1 aromatic rings. The van der Waals surface area contributed by atoms with Crippen LogP contribution in [0.5, 0.6) is 0 Å². The third kappa shape index (κ3) is 3.16. The van der Waals surface area contributed by atoms with Crippen LogP contribution in [-0.2, 0) is 9.47 Å². The van der Waals surface area contributed by atoms with E-state index in [1.807, 2.05) is 13.8 Å². The van der Waals surface area contributed by atoms with Gasteiger partial charge in [-0.2, -0.15) is 0 Å². The summed E-state index contributed by atoms with van der Waals surface area (Å²) in [6, 6.07) is 0. The van der Waals surface area contributed by atoms with Gasteiger partial charge in [-0.1, -0.05) is 0 Å². The number of carbonyl (C=O) groups is 2. The van der Waals surface area contributed by atoms with Crippen molar-refractivity contribution < 1.29 is 19.1 Å². The van der Waals surface area contributed by atoms with Crippen molar-refractivity contribution >= 4 is 11.9 Å². The van der Waals surface area contributed by atoms with Crippen molar-refractivity contribution in [2.45, 2.75) is 40.2 Å². The lowest BCUT2D eigenvalue weighted by molar-refractivity contribution is -0.0765. The largest absolute Gasteiger partial charge is 0.462 e. The molecule has 2 heterocycles. The number of carbonyl (C=O) groups excluding carboxylic acids is 2. The van der Waals surface area contributed by atoms with Crippen LogP contribution in [-0.4, -0.2) is 53.7 Å². The second kappa shape index (κ2) is 6.12. The molecule has 0 spiro atoms. The Bertz CT molecular complexity index is 589. The summed E-state index contributed by atoms with van der Waals surface area (Å²) in [6.07, 6.45) is 0. The summed E-state index contributed by atoms with van der Waals surface area (Å²) in [6.45, 7) is 11.1. The molecule has 122 valence electrons. The van der Waals surface area contributed by atoms with Gasteiger partial charge in [-0.25, -0.2) is 4.79 Å². The quantitative estimate of drug-likeness (QED) is 0.868. The molecule has 1 aliphatic heterocycles. The number of aromatic nitrogens is 1. The number of aromatic amines is 1. The Balaban J connectivity index is 2.27. The highest BCUT2D eigenvalue weighted by Gasteiger charge is 2.32. The molecule has 6 nitrogen and oxygen atoms in total. The number of nitrogens with one attached hydrogen (secondary N) is 1. The Kier molecular flexibility index (Phi) is 4.60. The minimum atomic E-state index is -0.393. The van der Waals surface area contributed by atoms with Crippen LogP contribution in [0.15, 0.2) is 0 Å². The minimum absolute atomic E-state index is 0.104. The van der Waals surface area contributed by atoms with Crippen molar-refractivity contribution in [1.29, 1.82) is 0 Å². The van der Waals surface area contributed by atoms with E-state index < -0.39 is 5.97 Å². The first-order chi connectivity index (χ1) is 10.3. The van der Waals surface area contributed by atoms with Crippen molar-refractivity contribution in [3.8, 4) is 0 Å². The molecule has 0 radical (unpaired) electrons. The minimum Gasteiger partial charge on any atom is -0.462 e. The molecule has 2 rings (SSSR count). The number of morpholine rings is 1. The van der Waals surface area contributed by atoms with Gasteiger partial charge in [0.25, 0.3) is 5.91 Å². The summed E-state index contributed by atoms with van der Waals surface area (Å²) in [5.74, 6) is -0.498. The summed E-state index contributed by atoms with van der Waals surface area (Å²) in [7, 11) is 0. The molecule has 1 aliphatic rings. The maximum Gasteiger partial charge on any atom is 0.340 e. The molecule has 6 heteroatoms. The van der Waals surface area contributed by atoms with Gasteiger partial charge >= 0.3 is 5.97 Å². The fourth-order valence-electron chi connectivity index (χ4n) is 2.82. The van der Waals surface area contributed by atoms with Crippen LogP contribution in [0.1, 0.15) is 52.9 Å². The zero-order valence-corrected chi connectivity index (χ0v) is 13.9. The third-order valence-corrected chi connectivity index (χ3v) is 3.84. The van der Waals surface area contributed by atoms with E-state index in [0.29, 0.717) is 48.8 Å². The van der Waals surface area contributed by atoms with E-state index >= 15 is 0 Å². The molecule has 0 aliphatic carbocycles. The molecule has 0 atom stereocenters. The van der Waals surface area contributed by atoms with Crippen LogP contribution < -0.4 is 0 Å². The normalized spacial score (nSPS) is 17.4. The summed E-state index contributed by atoms with van der Waals surface area (Å²) in [5.41, 5.74) is 1.86. The number of ether oxygens (including phenoxy) is 2. The van der Waals surface area contributed by atoms with Crippen molar-refractivity contribution in [3.63, 3.8) is 0 Å². The topological polar surface area (TPSA) is 71.6 Å². The molecule has 22 heavy (non-hydrogen) atoms. The van der Waals surface area contributed by atoms with Gasteiger partial charge in [0.15, 0.2) is 0 Å². The first-order valence-corrected chi connectivity index (χ1v) is 7.56. The van der Waals surface area contributed by atoms with Crippen molar-refractivity contribution in [2.24, 2.45) is 0 Å². The molecular weight excluding hydrogens is 284 g/mol. The average Bonchev–Trinajstić information content (AvgIpc) is 2.72. The smallest absolute Gasteiger partial charge is 0.340 e. The highest BCUT2D eigenvalue weighted by Crippen LogP contribution is 2.23. The second-order valence-electron chi connectivity index (χ2n) is 6.18. The molecule has 0 bridgehead atoms. The summed E-state index contributed by atoms with van der Waals surface area (Å²) in [5, 5.41) is 0. The molecule has 0 unspecified atom stereocenters. The third-order valence-electron chi connectivity index (χ3n) is 3.84. The van der Waals surface area contributed by atoms with Gasteiger partial charge in [-0.3, -0.25) is 4.79 Å². The SMILES string of the molecule is CCOC(=O)c1c(C)[nH]c(C(=O)N2CCOC(C)(C)C2)c1C. The second-order valence-corrected chi connectivity index (χ2v) is 6.18. The lowest BCUT2D eigenvalue weighted by Gasteiger charge is -2.38. The summed E-state index contributed by atoms with van der Waals surface area (Å²) < 4.78 is 10.7. The summed E-state index contributed by atoms with van der Waals surface area (Å²) in [4.78, 5) is 29.6. The number of nitrogens with zero attached hydrogens (tertiary/aromatic N) is 1. The maximum absolute atomic E-state index is 12.7. The Labute approximate surface area is 130 Å². The molecule has 1 aromatic heterocycles. The van der Waals surface area contributed by atoms with Gasteiger partial charge in [0.2, 0.25) is 0 Å². The Morgan fingerprint density at radius 2 is 2.05 bits per heavy atom. The number of H-pyrrole nitrogens is 1. The van der Waals surface area contributed by atoms with E-state index in [0.717, 1.165) is 0 Å². The standard InChI is InChI=1S/C16H24N2O4/c1-6-21-15(20)12-10(2)13(17-11(12)3)14(19)18-7-8-22-16(4,5)9-18/h17H,6-9H2,1-5H3. The number of rotatable bonds is 3. The van der Waals surface area contributed by atoms with Crippen molar-refractivity contribution in [2.75, 3.05) is 26.3 Å². The molecule has 0 aromatic carbocycles. The van der Waals surface area contributed by atoms with Gasteiger partial charge in [0.05, 0.1) is 24.4 Å². The molecule has 1 N–H and O–H groups in total. The average molecular weight is 308 g/mol. The molecule has 0 saturated carbocycles. The van der Waals surface area contributed by atoms with E-state index in [1.165, 1.54) is 0 Å². The Hall–Kier alpha value is -1.82. The number of hydrogen-bond acceptors (Lipinski definition) is 4. The van der Waals surface area contributed by atoms with Gasteiger partial charge < -0.3 is 19.4 Å². The number of esters is 1. The first kappa shape index (κ1) is 16.5. The lowest BCUT2D eigenvalue weighted by Crippen LogP contribution is -2.50. The van der Waals surface area contributed by atoms with E-state index in [9.17, 15) is 9.59 Å². The predicted molar refractivity (Wildman–Crippen MR) is 82.2 cm³/mol. The van der Waals surface area contributed by atoms with Gasteiger partial charge in [0.1, 0.15) is 5.69 Å². The zero-order chi connectivity index (χ0) is 16.5. The predicted octanol–water partition coefficient (Wildman–Crippen LogP) is 2.06. The number of amides is 1. The van der Waals surface area contributed by atoms with E-state index in [-0.39, 0.29) is 11.5 Å². The Morgan fingerprint density at radius 3 is 2.64 bits per heavy atom. The van der Waals surface area contributed by atoms with Crippen molar-refractivity contribution in [3.05, 3.63) is 22.5 Å². The Morgan fingerprint density at radius 1 is 1.36 bits per heavy atom. The lowest BCUT2D eigenvalue weighted by atomic mass is 10.1. The van der Waals surface area contributed by atoms with E-state index in [2.05, 4.69) is 4.98 Å². The summed E-state index contributed by atoms with van der Waals surface area (Å²) >= 11 is 0. The fourth-order valence-corrected chi connectivity index (χ4v) is 2.82.